The number of fused-ring (bicyclic) bond motifs is 1. The van der Waals surface area contributed by atoms with E-state index in [0.717, 1.165) is 42.4 Å². The molecule has 1 aliphatic heterocycles. The summed E-state index contributed by atoms with van der Waals surface area (Å²) in [5.74, 6) is 0.127. The molecular weight excluding hydrogens is 250 g/mol. The van der Waals surface area contributed by atoms with E-state index in [9.17, 15) is 4.79 Å². The topological polar surface area (TPSA) is 39.3 Å². The number of rotatable bonds is 2. The first-order chi connectivity index (χ1) is 9.65. The second kappa shape index (κ2) is 5.29. The van der Waals surface area contributed by atoms with Crippen LogP contribution in [0.3, 0.4) is 0 Å². The molecule has 2 heterocycles. The predicted molar refractivity (Wildman–Crippen MR) is 80.9 cm³/mol. The van der Waals surface area contributed by atoms with Crippen molar-refractivity contribution in [2.75, 3.05) is 27.2 Å². The van der Waals surface area contributed by atoms with Gasteiger partial charge in [-0.05, 0) is 57.2 Å². The zero-order chi connectivity index (χ0) is 14.1. The second-order valence-corrected chi connectivity index (χ2v) is 5.73. The molecule has 0 unspecified atom stereocenters. The minimum atomic E-state index is 0.127. The fourth-order valence-corrected chi connectivity index (χ4v) is 2.94. The van der Waals surface area contributed by atoms with Gasteiger partial charge in [-0.2, -0.15) is 0 Å². The summed E-state index contributed by atoms with van der Waals surface area (Å²) in [6.45, 7) is 2.14. The lowest BCUT2D eigenvalue weighted by Gasteiger charge is -2.35. The first kappa shape index (κ1) is 13.2. The fourth-order valence-electron chi connectivity index (χ4n) is 2.94. The summed E-state index contributed by atoms with van der Waals surface area (Å²) in [6.07, 6.45) is 4.02. The molecule has 1 saturated heterocycles. The number of H-pyrrole nitrogens is 1. The lowest BCUT2D eigenvalue weighted by atomic mass is 10.0. The predicted octanol–water partition coefficient (Wildman–Crippen LogP) is 2.33. The summed E-state index contributed by atoms with van der Waals surface area (Å²) in [6, 6.07) is 8.22. The molecule has 1 N–H and O–H groups in total. The van der Waals surface area contributed by atoms with Gasteiger partial charge in [0, 0.05) is 35.8 Å². The highest BCUT2D eigenvalue weighted by molar-refractivity contribution is 5.98. The van der Waals surface area contributed by atoms with Gasteiger partial charge in [0.1, 0.15) is 0 Å². The zero-order valence-corrected chi connectivity index (χ0v) is 12.1. The maximum absolute atomic E-state index is 12.6. The largest absolute Gasteiger partial charge is 0.361 e. The van der Waals surface area contributed by atoms with Gasteiger partial charge >= 0.3 is 0 Å². The van der Waals surface area contributed by atoms with Crippen molar-refractivity contribution in [1.29, 1.82) is 0 Å². The van der Waals surface area contributed by atoms with Crippen LogP contribution in [-0.2, 0) is 0 Å². The molecule has 106 valence electrons. The summed E-state index contributed by atoms with van der Waals surface area (Å²) in [5.41, 5.74) is 1.85. The summed E-state index contributed by atoms with van der Waals surface area (Å²) < 4.78 is 0. The molecule has 4 heteroatoms. The Labute approximate surface area is 119 Å². The van der Waals surface area contributed by atoms with Crippen molar-refractivity contribution in [1.82, 2.24) is 14.8 Å². The van der Waals surface area contributed by atoms with E-state index in [0.29, 0.717) is 6.04 Å². The van der Waals surface area contributed by atoms with Crippen molar-refractivity contribution < 1.29 is 4.79 Å². The van der Waals surface area contributed by atoms with Gasteiger partial charge in [0.2, 0.25) is 0 Å². The van der Waals surface area contributed by atoms with Crippen LogP contribution < -0.4 is 0 Å². The summed E-state index contributed by atoms with van der Waals surface area (Å²) in [7, 11) is 4.07. The van der Waals surface area contributed by atoms with E-state index in [1.165, 1.54) is 0 Å². The molecule has 0 radical (unpaired) electrons. The zero-order valence-electron chi connectivity index (χ0n) is 12.1. The van der Waals surface area contributed by atoms with E-state index in [-0.39, 0.29) is 5.91 Å². The normalized spacial score (nSPS) is 17.5. The molecule has 0 atom stereocenters. The third-order valence-corrected chi connectivity index (χ3v) is 4.36. The van der Waals surface area contributed by atoms with E-state index < -0.39 is 0 Å². The Bertz CT molecular complexity index is 611. The van der Waals surface area contributed by atoms with E-state index in [4.69, 9.17) is 0 Å². The number of carbonyl (C=O) groups excluding carboxylic acids is 1. The number of nitrogens with one attached hydrogen (secondary N) is 1. The molecule has 1 aromatic carbocycles. The van der Waals surface area contributed by atoms with Crippen molar-refractivity contribution in [3.05, 3.63) is 36.0 Å². The van der Waals surface area contributed by atoms with Crippen LogP contribution >= 0.6 is 0 Å². The number of hydrogen-bond acceptors (Lipinski definition) is 2. The molecule has 1 aromatic heterocycles. The highest BCUT2D eigenvalue weighted by Gasteiger charge is 2.24. The van der Waals surface area contributed by atoms with Gasteiger partial charge in [0.25, 0.3) is 5.91 Å². The SMILES string of the molecule is CN1CCC(N(C)C(=O)c2ccc3[nH]ccc3c2)CC1. The Morgan fingerprint density at radius 2 is 2.05 bits per heavy atom. The third-order valence-electron chi connectivity index (χ3n) is 4.36. The third kappa shape index (κ3) is 2.43. The van der Waals surface area contributed by atoms with Crippen LogP contribution in [0.25, 0.3) is 10.9 Å². The number of amides is 1. The van der Waals surface area contributed by atoms with Crippen LogP contribution in [0, 0.1) is 0 Å². The number of benzene rings is 1. The Kier molecular flexibility index (Phi) is 3.49. The van der Waals surface area contributed by atoms with Crippen molar-refractivity contribution in [3.63, 3.8) is 0 Å². The van der Waals surface area contributed by atoms with E-state index in [1.807, 2.05) is 42.4 Å². The van der Waals surface area contributed by atoms with Crippen LogP contribution in [-0.4, -0.2) is 53.9 Å². The van der Waals surface area contributed by atoms with Gasteiger partial charge in [-0.3, -0.25) is 4.79 Å². The number of carbonyl (C=O) groups is 1. The molecule has 0 bridgehead atoms. The van der Waals surface area contributed by atoms with Crippen LogP contribution in [0.15, 0.2) is 30.5 Å². The van der Waals surface area contributed by atoms with E-state index in [1.54, 1.807) is 0 Å². The average molecular weight is 271 g/mol. The number of likely N-dealkylation sites (tertiary alicyclic amines) is 1. The van der Waals surface area contributed by atoms with Crippen LogP contribution in [0.1, 0.15) is 23.2 Å². The quantitative estimate of drug-likeness (QED) is 0.910. The maximum atomic E-state index is 12.6. The summed E-state index contributed by atoms with van der Waals surface area (Å²) >= 11 is 0. The smallest absolute Gasteiger partial charge is 0.253 e. The van der Waals surface area contributed by atoms with E-state index in [2.05, 4.69) is 16.9 Å². The molecule has 0 spiro atoms. The number of piperidine rings is 1. The molecule has 0 saturated carbocycles. The van der Waals surface area contributed by atoms with Gasteiger partial charge in [-0.15, -0.1) is 0 Å². The van der Waals surface area contributed by atoms with Crippen molar-refractivity contribution in [3.8, 4) is 0 Å². The van der Waals surface area contributed by atoms with Gasteiger partial charge in [0.15, 0.2) is 0 Å². The molecule has 3 rings (SSSR count). The Morgan fingerprint density at radius 3 is 2.80 bits per heavy atom. The molecule has 1 fully saturated rings. The minimum absolute atomic E-state index is 0.127. The van der Waals surface area contributed by atoms with Crippen LogP contribution in [0.4, 0.5) is 0 Å². The van der Waals surface area contributed by atoms with Gasteiger partial charge < -0.3 is 14.8 Å². The fraction of sp³-hybridized carbons (Fsp3) is 0.438. The number of hydrogen-bond donors (Lipinski definition) is 1. The molecular formula is C16H21N3O. The van der Waals surface area contributed by atoms with Crippen LogP contribution in [0.5, 0.6) is 0 Å². The highest BCUT2D eigenvalue weighted by atomic mass is 16.2. The monoisotopic (exact) mass is 271 g/mol. The Balaban J connectivity index is 1.77. The van der Waals surface area contributed by atoms with E-state index >= 15 is 0 Å². The second-order valence-electron chi connectivity index (χ2n) is 5.73. The number of nitrogens with zero attached hydrogens (tertiary/aromatic N) is 2. The average Bonchev–Trinajstić information content (AvgIpc) is 2.94. The van der Waals surface area contributed by atoms with Crippen LogP contribution in [0.2, 0.25) is 0 Å². The van der Waals surface area contributed by atoms with Crippen molar-refractivity contribution in [2.45, 2.75) is 18.9 Å². The lowest BCUT2D eigenvalue weighted by molar-refractivity contribution is 0.0660. The maximum Gasteiger partial charge on any atom is 0.253 e. The molecule has 2 aromatic rings. The van der Waals surface area contributed by atoms with Gasteiger partial charge in [-0.25, -0.2) is 0 Å². The first-order valence-corrected chi connectivity index (χ1v) is 7.18. The number of aromatic nitrogens is 1. The van der Waals surface area contributed by atoms with Crippen molar-refractivity contribution in [2.24, 2.45) is 0 Å². The minimum Gasteiger partial charge on any atom is -0.361 e. The summed E-state index contributed by atoms with van der Waals surface area (Å²) in [5, 5.41) is 1.09. The van der Waals surface area contributed by atoms with Gasteiger partial charge in [0.05, 0.1) is 0 Å². The molecule has 4 nitrogen and oxygen atoms in total. The summed E-state index contributed by atoms with van der Waals surface area (Å²) in [4.78, 5) is 20.0. The molecule has 20 heavy (non-hydrogen) atoms. The standard InChI is InChI=1S/C16H21N3O/c1-18-9-6-14(7-10-18)19(2)16(20)13-3-4-15-12(11-13)5-8-17-15/h3-5,8,11,14,17H,6-7,9-10H2,1-2H3. The Morgan fingerprint density at radius 1 is 1.30 bits per heavy atom. The first-order valence-electron chi connectivity index (χ1n) is 7.18. The lowest BCUT2D eigenvalue weighted by Crippen LogP contribution is -2.44. The van der Waals surface area contributed by atoms with Crippen molar-refractivity contribution >= 4 is 16.8 Å². The molecule has 1 amide bonds. The Hall–Kier alpha value is -1.81. The highest BCUT2D eigenvalue weighted by Crippen LogP contribution is 2.19. The van der Waals surface area contributed by atoms with Gasteiger partial charge in [-0.1, -0.05) is 0 Å². The number of aromatic amines is 1. The molecule has 0 aliphatic carbocycles. The molecule has 1 aliphatic rings.